The third kappa shape index (κ3) is 1.63. The van der Waals surface area contributed by atoms with Gasteiger partial charge in [0, 0.05) is 24.8 Å². The molecule has 1 aromatic heterocycles. The molecule has 0 amide bonds. The van der Waals surface area contributed by atoms with Gasteiger partial charge in [-0.15, -0.1) is 0 Å². The number of aryl methyl sites for hydroxylation is 1. The maximum absolute atomic E-state index is 3.60. The highest BCUT2D eigenvalue weighted by Gasteiger charge is 2.14. The predicted octanol–water partition coefficient (Wildman–Crippen LogP) is 2.99. The van der Waals surface area contributed by atoms with E-state index in [4.69, 9.17) is 0 Å². The molecule has 0 saturated carbocycles. The lowest BCUT2D eigenvalue weighted by Gasteiger charge is -2.23. The molecule has 16 heavy (non-hydrogen) atoms. The van der Waals surface area contributed by atoms with Gasteiger partial charge in [-0.1, -0.05) is 12.5 Å². The average molecular weight is 214 g/mol. The summed E-state index contributed by atoms with van der Waals surface area (Å²) in [6, 6.07) is 9.60. The van der Waals surface area contributed by atoms with Crippen LogP contribution in [0.5, 0.6) is 0 Å². The van der Waals surface area contributed by atoms with Crippen molar-refractivity contribution in [1.82, 2.24) is 9.88 Å². The standard InChI is InChI=1S/C14H18N2/c1-16-9-7-12-10-11(5-6-14(12)16)13-4-2-3-8-15-13/h5-7,9-10,13,15H,2-4,8H2,1H3. The van der Waals surface area contributed by atoms with Crippen LogP contribution in [-0.4, -0.2) is 11.1 Å². The second kappa shape index (κ2) is 3.95. The normalized spacial score (nSPS) is 21.4. The average Bonchev–Trinajstić information content (AvgIpc) is 2.72. The van der Waals surface area contributed by atoms with E-state index in [1.165, 1.54) is 35.7 Å². The highest BCUT2D eigenvalue weighted by molar-refractivity contribution is 5.80. The summed E-state index contributed by atoms with van der Waals surface area (Å²) in [4.78, 5) is 0. The lowest BCUT2D eigenvalue weighted by atomic mass is 9.97. The van der Waals surface area contributed by atoms with Gasteiger partial charge < -0.3 is 9.88 Å². The Balaban J connectivity index is 1.97. The highest BCUT2D eigenvalue weighted by Crippen LogP contribution is 2.26. The van der Waals surface area contributed by atoms with Crippen molar-refractivity contribution >= 4 is 10.9 Å². The Hall–Kier alpha value is -1.28. The summed E-state index contributed by atoms with van der Waals surface area (Å²) in [6.07, 6.45) is 6.08. The van der Waals surface area contributed by atoms with Crippen LogP contribution in [0.4, 0.5) is 0 Å². The van der Waals surface area contributed by atoms with Crippen LogP contribution in [0.2, 0.25) is 0 Å². The molecule has 0 spiro atoms. The van der Waals surface area contributed by atoms with Crippen molar-refractivity contribution in [3.8, 4) is 0 Å². The van der Waals surface area contributed by atoms with Crippen LogP contribution in [0.15, 0.2) is 30.5 Å². The minimum Gasteiger partial charge on any atom is -0.351 e. The number of aromatic nitrogens is 1. The molecule has 1 atom stereocenters. The fourth-order valence-electron chi connectivity index (χ4n) is 2.65. The first-order valence-corrected chi connectivity index (χ1v) is 6.13. The van der Waals surface area contributed by atoms with Crippen molar-refractivity contribution < 1.29 is 0 Å². The molecule has 0 aliphatic carbocycles. The lowest BCUT2D eigenvalue weighted by Crippen LogP contribution is -2.26. The summed E-state index contributed by atoms with van der Waals surface area (Å²) < 4.78 is 2.17. The van der Waals surface area contributed by atoms with Gasteiger partial charge in [-0.25, -0.2) is 0 Å². The summed E-state index contributed by atoms with van der Waals surface area (Å²) in [6.45, 7) is 1.16. The van der Waals surface area contributed by atoms with E-state index >= 15 is 0 Å². The molecular formula is C14H18N2. The molecule has 2 aromatic rings. The van der Waals surface area contributed by atoms with Crippen LogP contribution in [0.1, 0.15) is 30.9 Å². The van der Waals surface area contributed by atoms with Crippen LogP contribution in [0.3, 0.4) is 0 Å². The molecule has 1 aliphatic heterocycles. The largest absolute Gasteiger partial charge is 0.351 e. The number of hydrogen-bond acceptors (Lipinski definition) is 1. The number of hydrogen-bond donors (Lipinski definition) is 1. The molecule has 1 fully saturated rings. The number of benzene rings is 1. The highest BCUT2D eigenvalue weighted by atomic mass is 14.9. The Morgan fingerprint density at radius 1 is 1.25 bits per heavy atom. The number of nitrogens with one attached hydrogen (secondary N) is 1. The van der Waals surface area contributed by atoms with Gasteiger partial charge in [-0.3, -0.25) is 0 Å². The van der Waals surface area contributed by atoms with Gasteiger partial charge >= 0.3 is 0 Å². The Morgan fingerprint density at radius 3 is 3.00 bits per heavy atom. The van der Waals surface area contributed by atoms with Crippen molar-refractivity contribution in [2.24, 2.45) is 7.05 Å². The zero-order valence-corrected chi connectivity index (χ0v) is 9.74. The number of fused-ring (bicyclic) bond motifs is 1. The van der Waals surface area contributed by atoms with E-state index in [0.717, 1.165) is 6.54 Å². The molecule has 1 aliphatic rings. The molecule has 2 heterocycles. The third-order valence-electron chi connectivity index (χ3n) is 3.62. The molecule has 1 unspecified atom stereocenters. The second-order valence-corrected chi connectivity index (χ2v) is 4.75. The van der Waals surface area contributed by atoms with Crippen LogP contribution >= 0.6 is 0 Å². The number of nitrogens with zero attached hydrogens (tertiary/aromatic N) is 1. The minimum absolute atomic E-state index is 0.568. The monoisotopic (exact) mass is 214 g/mol. The number of rotatable bonds is 1. The summed E-state index contributed by atoms with van der Waals surface area (Å²) in [5.74, 6) is 0. The van der Waals surface area contributed by atoms with Gasteiger partial charge in [-0.05, 0) is 48.5 Å². The van der Waals surface area contributed by atoms with Crippen LogP contribution in [0, 0.1) is 0 Å². The quantitative estimate of drug-likeness (QED) is 0.772. The van der Waals surface area contributed by atoms with Crippen molar-refractivity contribution in [2.45, 2.75) is 25.3 Å². The number of piperidine rings is 1. The van der Waals surface area contributed by atoms with E-state index in [1.807, 2.05) is 0 Å². The topological polar surface area (TPSA) is 17.0 Å². The summed E-state index contributed by atoms with van der Waals surface area (Å²) in [5.41, 5.74) is 2.76. The van der Waals surface area contributed by atoms with E-state index in [9.17, 15) is 0 Å². The van der Waals surface area contributed by atoms with Crippen molar-refractivity contribution in [3.05, 3.63) is 36.0 Å². The fraction of sp³-hybridized carbons (Fsp3) is 0.429. The van der Waals surface area contributed by atoms with Gasteiger partial charge in [0.2, 0.25) is 0 Å². The zero-order chi connectivity index (χ0) is 11.0. The molecule has 84 valence electrons. The van der Waals surface area contributed by atoms with E-state index in [-0.39, 0.29) is 0 Å². The van der Waals surface area contributed by atoms with E-state index in [1.54, 1.807) is 0 Å². The Morgan fingerprint density at radius 2 is 2.19 bits per heavy atom. The van der Waals surface area contributed by atoms with E-state index in [0.29, 0.717) is 6.04 Å². The van der Waals surface area contributed by atoms with Gasteiger partial charge in [0.25, 0.3) is 0 Å². The SMILES string of the molecule is Cn1ccc2cc(C3CCCCN3)ccc21. The van der Waals surface area contributed by atoms with E-state index < -0.39 is 0 Å². The zero-order valence-electron chi connectivity index (χ0n) is 9.74. The van der Waals surface area contributed by atoms with Crippen LogP contribution in [0.25, 0.3) is 10.9 Å². The molecule has 1 N–H and O–H groups in total. The molecule has 1 aromatic carbocycles. The first-order valence-electron chi connectivity index (χ1n) is 6.13. The molecular weight excluding hydrogens is 196 g/mol. The molecule has 2 heteroatoms. The third-order valence-corrected chi connectivity index (χ3v) is 3.62. The van der Waals surface area contributed by atoms with Crippen LogP contribution in [-0.2, 0) is 7.05 Å². The summed E-state index contributed by atoms with van der Waals surface area (Å²) in [7, 11) is 2.10. The van der Waals surface area contributed by atoms with Gasteiger partial charge in [0.1, 0.15) is 0 Å². The van der Waals surface area contributed by atoms with Crippen molar-refractivity contribution in [2.75, 3.05) is 6.54 Å². The fourth-order valence-corrected chi connectivity index (χ4v) is 2.65. The molecule has 2 nitrogen and oxygen atoms in total. The van der Waals surface area contributed by atoms with E-state index in [2.05, 4.69) is 47.4 Å². The predicted molar refractivity (Wildman–Crippen MR) is 67.5 cm³/mol. The Kier molecular flexibility index (Phi) is 2.44. The molecule has 0 radical (unpaired) electrons. The maximum Gasteiger partial charge on any atom is 0.0477 e. The summed E-state index contributed by atoms with van der Waals surface area (Å²) >= 11 is 0. The van der Waals surface area contributed by atoms with Crippen LogP contribution < -0.4 is 5.32 Å². The second-order valence-electron chi connectivity index (χ2n) is 4.75. The smallest absolute Gasteiger partial charge is 0.0477 e. The molecule has 1 saturated heterocycles. The Labute approximate surface area is 96.3 Å². The molecule has 3 rings (SSSR count). The van der Waals surface area contributed by atoms with Crippen molar-refractivity contribution in [3.63, 3.8) is 0 Å². The van der Waals surface area contributed by atoms with Gasteiger partial charge in [0.15, 0.2) is 0 Å². The van der Waals surface area contributed by atoms with Gasteiger partial charge in [0.05, 0.1) is 0 Å². The first-order chi connectivity index (χ1) is 7.84. The minimum atomic E-state index is 0.568. The van der Waals surface area contributed by atoms with Crippen molar-refractivity contribution in [1.29, 1.82) is 0 Å². The Bertz CT molecular complexity index is 492. The lowest BCUT2D eigenvalue weighted by molar-refractivity contribution is 0.412. The summed E-state index contributed by atoms with van der Waals surface area (Å²) in [5, 5.41) is 4.95. The van der Waals surface area contributed by atoms with Gasteiger partial charge in [-0.2, -0.15) is 0 Å². The molecule has 0 bridgehead atoms. The first kappa shape index (κ1) is 9.91. The maximum atomic E-state index is 3.60.